The van der Waals surface area contributed by atoms with E-state index in [1.807, 2.05) is 6.92 Å². The Morgan fingerprint density at radius 2 is 1.72 bits per heavy atom. The number of hydrogen-bond acceptors (Lipinski definition) is 4. The van der Waals surface area contributed by atoms with E-state index in [0.717, 1.165) is 24.0 Å². The Bertz CT molecular complexity index is 1110. The Balaban J connectivity index is 2.02. The third-order valence-electron chi connectivity index (χ3n) is 4.13. The molecule has 0 aliphatic heterocycles. The minimum atomic E-state index is -1.52. The predicted molar refractivity (Wildman–Crippen MR) is 102 cm³/mol. The van der Waals surface area contributed by atoms with Gasteiger partial charge in [0.1, 0.15) is 16.9 Å². The molecule has 1 amide bonds. The number of ether oxygens (including phenoxy) is 1. The molecule has 0 unspecified atom stereocenters. The molecule has 0 saturated carbocycles. The molecular formula is C20H14F3NO4S. The lowest BCUT2D eigenvalue weighted by Crippen LogP contribution is -2.18. The number of anilines is 1. The van der Waals surface area contributed by atoms with Crippen LogP contribution in [-0.4, -0.2) is 24.1 Å². The first-order valence-electron chi connectivity index (χ1n) is 8.19. The molecule has 2 N–H and O–H groups in total. The molecule has 0 bridgehead atoms. The Labute approximate surface area is 167 Å². The highest BCUT2D eigenvalue weighted by Crippen LogP contribution is 2.37. The molecular weight excluding hydrogens is 407 g/mol. The highest BCUT2D eigenvalue weighted by Gasteiger charge is 2.27. The van der Waals surface area contributed by atoms with Gasteiger partial charge in [-0.15, -0.1) is 11.3 Å². The molecule has 0 aliphatic rings. The van der Waals surface area contributed by atoms with Crippen LogP contribution in [0.25, 0.3) is 10.4 Å². The minimum Gasteiger partial charge on any atom is -0.491 e. The molecule has 150 valence electrons. The Morgan fingerprint density at radius 3 is 2.31 bits per heavy atom. The maximum Gasteiger partial charge on any atom is 0.339 e. The number of carboxylic acids is 1. The fourth-order valence-electron chi connectivity index (χ4n) is 2.73. The average molecular weight is 421 g/mol. The van der Waals surface area contributed by atoms with Crippen molar-refractivity contribution >= 4 is 28.9 Å². The van der Waals surface area contributed by atoms with Crippen molar-refractivity contribution in [3.63, 3.8) is 0 Å². The van der Waals surface area contributed by atoms with Gasteiger partial charge in [-0.3, -0.25) is 4.79 Å². The molecule has 2 aromatic carbocycles. The number of amides is 1. The number of carbonyl (C=O) groups is 2. The molecule has 29 heavy (non-hydrogen) atoms. The second-order valence-electron chi connectivity index (χ2n) is 6.04. The lowest BCUT2D eigenvalue weighted by atomic mass is 10.1. The van der Waals surface area contributed by atoms with Crippen molar-refractivity contribution < 1.29 is 32.6 Å². The van der Waals surface area contributed by atoms with Gasteiger partial charge in [0.15, 0.2) is 17.4 Å². The number of nitrogens with one attached hydrogen (secondary N) is 1. The van der Waals surface area contributed by atoms with Gasteiger partial charge in [-0.05, 0) is 12.5 Å². The fourth-order valence-corrected chi connectivity index (χ4v) is 3.73. The van der Waals surface area contributed by atoms with Crippen molar-refractivity contribution in [2.24, 2.45) is 0 Å². The van der Waals surface area contributed by atoms with Crippen LogP contribution in [0.4, 0.5) is 18.9 Å². The van der Waals surface area contributed by atoms with Crippen molar-refractivity contribution in [3.8, 4) is 16.2 Å². The normalized spacial score (nSPS) is 10.7. The van der Waals surface area contributed by atoms with E-state index in [1.165, 1.54) is 5.38 Å². The SMILES string of the molecule is COc1c(F)cc(F)c(C(=O)Nc2csc(-c3ccc(C)cc3)c2C(=O)O)c1F. The summed E-state index contributed by atoms with van der Waals surface area (Å²) in [5, 5.41) is 13.1. The number of halogens is 3. The summed E-state index contributed by atoms with van der Waals surface area (Å²) in [6, 6.07) is 7.37. The summed E-state index contributed by atoms with van der Waals surface area (Å²) in [6.45, 7) is 1.88. The maximum atomic E-state index is 14.3. The monoisotopic (exact) mass is 421 g/mol. The third-order valence-corrected chi connectivity index (χ3v) is 5.16. The molecule has 3 rings (SSSR count). The predicted octanol–water partition coefficient (Wildman–Crippen LogP) is 5.10. The Morgan fingerprint density at radius 1 is 1.07 bits per heavy atom. The Hall–Kier alpha value is -3.33. The van der Waals surface area contributed by atoms with E-state index in [4.69, 9.17) is 0 Å². The molecule has 0 aliphatic carbocycles. The number of thiophene rings is 1. The van der Waals surface area contributed by atoms with Gasteiger partial charge in [0, 0.05) is 11.4 Å². The first kappa shape index (κ1) is 20.4. The molecule has 0 spiro atoms. The lowest BCUT2D eigenvalue weighted by Gasteiger charge is -2.11. The topological polar surface area (TPSA) is 75.6 Å². The third kappa shape index (κ3) is 3.81. The summed E-state index contributed by atoms with van der Waals surface area (Å²) < 4.78 is 46.4. The average Bonchev–Trinajstić information content (AvgIpc) is 3.06. The molecule has 0 saturated heterocycles. The summed E-state index contributed by atoms with van der Waals surface area (Å²) in [5.41, 5.74) is 0.154. The number of methoxy groups -OCH3 is 1. The largest absolute Gasteiger partial charge is 0.491 e. The van der Waals surface area contributed by atoms with E-state index in [0.29, 0.717) is 16.5 Å². The first-order chi connectivity index (χ1) is 13.7. The van der Waals surface area contributed by atoms with Crippen LogP contribution in [-0.2, 0) is 0 Å². The van der Waals surface area contributed by atoms with E-state index in [1.54, 1.807) is 24.3 Å². The van der Waals surface area contributed by atoms with Gasteiger partial charge < -0.3 is 15.2 Å². The standard InChI is InChI=1S/C20H14F3NO4S/c1-9-3-5-10(6-4-9)18-15(20(26)27)13(8-29-18)24-19(25)14-11(21)7-12(22)17(28-2)16(14)23/h3-8H,1-2H3,(H,24,25)(H,26,27). The molecule has 1 heterocycles. The number of carbonyl (C=O) groups excluding carboxylic acids is 1. The van der Waals surface area contributed by atoms with Gasteiger partial charge >= 0.3 is 5.97 Å². The van der Waals surface area contributed by atoms with Crippen LogP contribution < -0.4 is 10.1 Å². The van der Waals surface area contributed by atoms with E-state index >= 15 is 0 Å². The zero-order valence-corrected chi connectivity index (χ0v) is 16.0. The van der Waals surface area contributed by atoms with Gasteiger partial charge in [-0.25, -0.2) is 18.0 Å². The molecule has 3 aromatic rings. The van der Waals surface area contributed by atoms with Crippen molar-refractivity contribution in [3.05, 3.63) is 69.9 Å². The lowest BCUT2D eigenvalue weighted by molar-refractivity contribution is 0.0699. The van der Waals surface area contributed by atoms with Crippen molar-refractivity contribution in [2.45, 2.75) is 6.92 Å². The summed E-state index contributed by atoms with van der Waals surface area (Å²) in [4.78, 5) is 24.6. The first-order valence-corrected chi connectivity index (χ1v) is 9.07. The summed E-state index contributed by atoms with van der Waals surface area (Å²) in [6.07, 6.45) is 0. The van der Waals surface area contributed by atoms with E-state index < -0.39 is 40.6 Å². The second-order valence-corrected chi connectivity index (χ2v) is 6.92. The zero-order chi connectivity index (χ0) is 21.3. The van der Waals surface area contributed by atoms with Crippen LogP contribution >= 0.6 is 11.3 Å². The van der Waals surface area contributed by atoms with Crippen molar-refractivity contribution in [2.75, 3.05) is 12.4 Å². The smallest absolute Gasteiger partial charge is 0.339 e. The van der Waals surface area contributed by atoms with Gasteiger partial charge in [0.25, 0.3) is 5.91 Å². The number of rotatable bonds is 5. The van der Waals surface area contributed by atoms with Gasteiger partial charge in [-0.1, -0.05) is 29.8 Å². The number of carboxylic acid groups (broad SMARTS) is 1. The van der Waals surface area contributed by atoms with E-state index in [-0.39, 0.29) is 11.3 Å². The molecule has 0 fully saturated rings. The molecule has 0 atom stereocenters. The fraction of sp³-hybridized carbons (Fsp3) is 0.100. The van der Waals surface area contributed by atoms with Crippen LogP contribution in [0.3, 0.4) is 0 Å². The van der Waals surface area contributed by atoms with Crippen LogP contribution in [0.15, 0.2) is 35.7 Å². The number of hydrogen-bond donors (Lipinski definition) is 2. The van der Waals surface area contributed by atoms with Crippen molar-refractivity contribution in [1.29, 1.82) is 0 Å². The molecule has 1 aromatic heterocycles. The number of benzene rings is 2. The highest BCUT2D eigenvalue weighted by molar-refractivity contribution is 7.14. The second kappa shape index (κ2) is 7.96. The summed E-state index contributed by atoms with van der Waals surface area (Å²) >= 11 is 1.05. The molecule has 0 radical (unpaired) electrons. The van der Waals surface area contributed by atoms with Gasteiger partial charge in [-0.2, -0.15) is 0 Å². The van der Waals surface area contributed by atoms with Gasteiger partial charge in [0.05, 0.1) is 17.7 Å². The highest BCUT2D eigenvalue weighted by atomic mass is 32.1. The van der Waals surface area contributed by atoms with Crippen LogP contribution in [0.1, 0.15) is 26.3 Å². The summed E-state index contributed by atoms with van der Waals surface area (Å²) in [7, 11) is 0.969. The Kier molecular flexibility index (Phi) is 5.60. The summed E-state index contributed by atoms with van der Waals surface area (Å²) in [5.74, 6) is -7.77. The van der Waals surface area contributed by atoms with E-state index in [9.17, 15) is 27.9 Å². The zero-order valence-electron chi connectivity index (χ0n) is 15.2. The number of aromatic carboxylic acids is 1. The van der Waals surface area contributed by atoms with Crippen LogP contribution in [0.5, 0.6) is 5.75 Å². The van der Waals surface area contributed by atoms with Crippen LogP contribution in [0, 0.1) is 24.4 Å². The quantitative estimate of drug-likeness (QED) is 0.601. The van der Waals surface area contributed by atoms with Gasteiger partial charge in [0.2, 0.25) is 0 Å². The number of aryl methyl sites for hydroxylation is 1. The minimum absolute atomic E-state index is 0.134. The van der Waals surface area contributed by atoms with Crippen LogP contribution in [0.2, 0.25) is 0 Å². The molecule has 5 nitrogen and oxygen atoms in total. The van der Waals surface area contributed by atoms with E-state index in [2.05, 4.69) is 10.1 Å². The maximum absolute atomic E-state index is 14.3. The van der Waals surface area contributed by atoms with Crippen molar-refractivity contribution in [1.82, 2.24) is 0 Å². The molecule has 9 heteroatoms.